The maximum absolute atomic E-state index is 12.7. The molecular weight excluding hydrogens is 334 g/mol. The van der Waals surface area contributed by atoms with Gasteiger partial charge in [0.15, 0.2) is 10.9 Å². The Bertz CT molecular complexity index is 943. The fourth-order valence-electron chi connectivity index (χ4n) is 3.19. The molecule has 0 spiro atoms. The molecule has 1 amide bonds. The molecule has 2 aromatic heterocycles. The van der Waals surface area contributed by atoms with Crippen molar-refractivity contribution in [1.82, 2.24) is 9.55 Å². The monoisotopic (exact) mass is 351 g/mol. The number of rotatable bonds is 3. The third-order valence-corrected chi connectivity index (χ3v) is 5.53. The zero-order chi connectivity index (χ0) is 17.4. The van der Waals surface area contributed by atoms with Crippen LogP contribution in [-0.4, -0.2) is 21.2 Å². The van der Waals surface area contributed by atoms with Gasteiger partial charge in [0.05, 0.1) is 16.3 Å². The van der Waals surface area contributed by atoms with Gasteiger partial charge in [-0.15, -0.1) is 0 Å². The van der Waals surface area contributed by atoms with Crippen molar-refractivity contribution in [2.75, 3.05) is 5.32 Å². The fraction of sp³-hybridized carbons (Fsp3) is 0.211. The van der Waals surface area contributed by atoms with Gasteiger partial charge in [-0.3, -0.25) is 9.59 Å². The van der Waals surface area contributed by atoms with Crippen LogP contribution in [0.4, 0.5) is 5.13 Å². The van der Waals surface area contributed by atoms with Crippen LogP contribution in [0, 0.1) is 6.92 Å². The van der Waals surface area contributed by atoms with E-state index in [9.17, 15) is 9.59 Å². The summed E-state index contributed by atoms with van der Waals surface area (Å²) in [6.07, 6.45) is 2.70. The lowest BCUT2D eigenvalue weighted by molar-refractivity contribution is -0.119. The second-order valence-electron chi connectivity index (χ2n) is 6.07. The summed E-state index contributed by atoms with van der Waals surface area (Å²) in [7, 11) is 0. The molecule has 1 aliphatic heterocycles. The van der Waals surface area contributed by atoms with E-state index in [4.69, 9.17) is 0 Å². The largest absolute Gasteiger partial charge is 0.333 e. The number of benzene rings is 1. The molecule has 0 aliphatic carbocycles. The van der Waals surface area contributed by atoms with Crippen molar-refractivity contribution in [2.24, 2.45) is 0 Å². The number of aryl methyl sites for hydroxylation is 1. The van der Waals surface area contributed by atoms with Crippen molar-refractivity contribution < 1.29 is 9.59 Å². The van der Waals surface area contributed by atoms with Crippen LogP contribution in [-0.2, 0) is 4.79 Å². The molecule has 0 fully saturated rings. The van der Waals surface area contributed by atoms with E-state index in [2.05, 4.69) is 10.3 Å². The minimum Gasteiger partial charge on any atom is -0.333 e. The number of anilines is 1. The lowest BCUT2D eigenvalue weighted by Gasteiger charge is -2.24. The topological polar surface area (TPSA) is 64.0 Å². The van der Waals surface area contributed by atoms with Crippen molar-refractivity contribution in [3.63, 3.8) is 0 Å². The number of carbonyl (C=O) groups excluding carboxylic acids is 2. The van der Waals surface area contributed by atoms with Gasteiger partial charge in [-0.05, 0) is 31.0 Å². The van der Waals surface area contributed by atoms with Crippen LogP contribution in [0.2, 0.25) is 0 Å². The van der Waals surface area contributed by atoms with E-state index in [0.717, 1.165) is 16.1 Å². The number of ketones is 1. The number of fused-ring (bicyclic) bond motifs is 1. The molecule has 1 unspecified atom stereocenters. The van der Waals surface area contributed by atoms with E-state index in [1.54, 1.807) is 22.9 Å². The van der Waals surface area contributed by atoms with Crippen molar-refractivity contribution in [1.29, 1.82) is 0 Å². The van der Waals surface area contributed by atoms with E-state index in [0.29, 0.717) is 23.7 Å². The van der Waals surface area contributed by atoms with Gasteiger partial charge in [-0.1, -0.05) is 41.7 Å². The Morgan fingerprint density at radius 2 is 2.04 bits per heavy atom. The smallest absolute Gasteiger partial charge is 0.249 e. The molecule has 1 aromatic carbocycles. The number of carbonyl (C=O) groups is 2. The summed E-state index contributed by atoms with van der Waals surface area (Å²) in [5, 5.41) is 3.51. The number of Topliss-reactive ketones (excluding diaryl/α,β-unsaturated/α-hetero) is 1. The minimum atomic E-state index is -0.368. The van der Waals surface area contributed by atoms with E-state index < -0.39 is 0 Å². The van der Waals surface area contributed by atoms with Crippen LogP contribution in [0.1, 0.15) is 35.1 Å². The molecule has 1 atom stereocenters. The van der Waals surface area contributed by atoms with Gasteiger partial charge >= 0.3 is 0 Å². The molecule has 3 heterocycles. The van der Waals surface area contributed by atoms with Gasteiger partial charge in [0, 0.05) is 12.6 Å². The van der Waals surface area contributed by atoms with E-state index in [1.807, 2.05) is 37.3 Å². The molecule has 1 aliphatic rings. The second kappa shape index (κ2) is 6.29. The first kappa shape index (κ1) is 15.8. The Morgan fingerprint density at radius 3 is 2.84 bits per heavy atom. The number of thiazole rings is 1. The average molecular weight is 351 g/mol. The summed E-state index contributed by atoms with van der Waals surface area (Å²) in [6.45, 7) is 1.94. The zero-order valence-corrected chi connectivity index (χ0v) is 14.5. The van der Waals surface area contributed by atoms with Gasteiger partial charge in [-0.25, -0.2) is 4.98 Å². The SMILES string of the molecule is Cc1nc(NC(=O)C2CCC(=O)c3cccn32)sc1-c1ccccc1. The maximum atomic E-state index is 12.7. The highest BCUT2D eigenvalue weighted by atomic mass is 32.1. The number of aromatic nitrogens is 2. The van der Waals surface area contributed by atoms with Crippen molar-refractivity contribution >= 4 is 28.2 Å². The van der Waals surface area contributed by atoms with E-state index >= 15 is 0 Å². The first-order valence-electron chi connectivity index (χ1n) is 8.17. The van der Waals surface area contributed by atoms with Crippen molar-refractivity contribution in [2.45, 2.75) is 25.8 Å². The van der Waals surface area contributed by atoms with E-state index in [-0.39, 0.29) is 17.7 Å². The predicted molar refractivity (Wildman–Crippen MR) is 98.0 cm³/mol. The minimum absolute atomic E-state index is 0.0884. The Hall–Kier alpha value is -2.73. The van der Waals surface area contributed by atoms with Crippen LogP contribution in [0.25, 0.3) is 10.4 Å². The van der Waals surface area contributed by atoms with Crippen molar-refractivity contribution in [3.8, 4) is 10.4 Å². The molecule has 0 saturated carbocycles. The molecule has 1 N–H and O–H groups in total. The number of nitrogens with zero attached hydrogens (tertiary/aromatic N) is 2. The molecule has 6 heteroatoms. The Kier molecular flexibility index (Phi) is 3.97. The van der Waals surface area contributed by atoms with Gasteiger partial charge in [0.2, 0.25) is 5.91 Å². The molecule has 0 radical (unpaired) electrons. The number of hydrogen-bond donors (Lipinski definition) is 1. The van der Waals surface area contributed by atoms with Crippen LogP contribution in [0.15, 0.2) is 48.7 Å². The quantitative estimate of drug-likeness (QED) is 0.773. The molecule has 3 aromatic rings. The van der Waals surface area contributed by atoms with E-state index in [1.165, 1.54) is 11.3 Å². The van der Waals surface area contributed by atoms with Gasteiger partial charge in [-0.2, -0.15) is 0 Å². The highest BCUT2D eigenvalue weighted by Gasteiger charge is 2.30. The summed E-state index contributed by atoms with van der Waals surface area (Å²) in [5.41, 5.74) is 2.59. The Labute approximate surface area is 149 Å². The normalized spacial score (nSPS) is 16.5. The first-order valence-corrected chi connectivity index (χ1v) is 8.99. The molecule has 0 bridgehead atoms. The van der Waals surface area contributed by atoms with Gasteiger partial charge in [0.25, 0.3) is 0 Å². The zero-order valence-electron chi connectivity index (χ0n) is 13.7. The molecule has 5 nitrogen and oxygen atoms in total. The van der Waals surface area contributed by atoms with Gasteiger partial charge < -0.3 is 9.88 Å². The van der Waals surface area contributed by atoms with Crippen LogP contribution < -0.4 is 5.32 Å². The van der Waals surface area contributed by atoms with Gasteiger partial charge in [0.1, 0.15) is 6.04 Å². The maximum Gasteiger partial charge on any atom is 0.249 e. The summed E-state index contributed by atoms with van der Waals surface area (Å²) in [4.78, 5) is 30.2. The second-order valence-corrected chi connectivity index (χ2v) is 7.07. The highest BCUT2D eigenvalue weighted by molar-refractivity contribution is 7.19. The fourth-order valence-corrected chi connectivity index (χ4v) is 4.17. The molecule has 4 rings (SSSR count). The number of nitrogens with one attached hydrogen (secondary N) is 1. The standard InChI is InChI=1S/C19H17N3O2S/c1-12-17(13-6-3-2-4-7-13)25-19(20-12)21-18(24)15-9-10-16(23)14-8-5-11-22(14)15/h2-8,11,15H,9-10H2,1H3,(H,20,21,24). The molecular formula is C19H17N3O2S. The highest BCUT2D eigenvalue weighted by Crippen LogP contribution is 2.33. The third-order valence-electron chi connectivity index (χ3n) is 4.41. The van der Waals surface area contributed by atoms with Crippen molar-refractivity contribution in [3.05, 3.63) is 60.0 Å². The summed E-state index contributed by atoms with van der Waals surface area (Å²) < 4.78 is 1.76. The summed E-state index contributed by atoms with van der Waals surface area (Å²) in [6, 6.07) is 13.2. The summed E-state index contributed by atoms with van der Waals surface area (Å²) >= 11 is 1.47. The Balaban J connectivity index is 1.57. The third kappa shape index (κ3) is 2.89. The lowest BCUT2D eigenvalue weighted by atomic mass is 10.0. The predicted octanol–water partition coefficient (Wildman–Crippen LogP) is 4.08. The number of hydrogen-bond acceptors (Lipinski definition) is 4. The summed E-state index contributed by atoms with van der Waals surface area (Å²) in [5.74, 6) is -0.0381. The average Bonchev–Trinajstić information content (AvgIpc) is 3.23. The van der Waals surface area contributed by atoms with Crippen LogP contribution in [0.5, 0.6) is 0 Å². The lowest BCUT2D eigenvalue weighted by Crippen LogP contribution is -2.31. The molecule has 25 heavy (non-hydrogen) atoms. The molecule has 0 saturated heterocycles. The first-order chi connectivity index (χ1) is 12.1. The molecule has 126 valence electrons. The Morgan fingerprint density at radius 1 is 1.24 bits per heavy atom. The van der Waals surface area contributed by atoms with Crippen LogP contribution in [0.3, 0.4) is 0 Å². The number of amides is 1. The van der Waals surface area contributed by atoms with Crippen LogP contribution >= 0.6 is 11.3 Å².